The third-order valence-corrected chi connectivity index (χ3v) is 3.88. The molecule has 3 nitrogen and oxygen atoms in total. The molecular weight excluding hydrogens is 240 g/mol. The molecule has 102 valence electrons. The first-order valence-electron chi connectivity index (χ1n) is 7.18. The van der Waals surface area contributed by atoms with Crippen molar-refractivity contribution in [1.82, 2.24) is 0 Å². The van der Waals surface area contributed by atoms with Gasteiger partial charge < -0.3 is 9.47 Å². The molecule has 2 saturated heterocycles. The number of hydrogen-bond donors (Lipinski definition) is 0. The Kier molecular flexibility index (Phi) is 4.06. The molecule has 1 aromatic carbocycles. The predicted octanol–water partition coefficient (Wildman–Crippen LogP) is 3.44. The van der Waals surface area contributed by atoms with E-state index in [1.54, 1.807) is 0 Å². The third kappa shape index (κ3) is 2.94. The fourth-order valence-corrected chi connectivity index (χ4v) is 2.83. The van der Waals surface area contributed by atoms with Crippen molar-refractivity contribution in [2.24, 2.45) is 0 Å². The van der Waals surface area contributed by atoms with Crippen molar-refractivity contribution in [3.63, 3.8) is 0 Å². The molecule has 0 aromatic heterocycles. The maximum atomic E-state index is 6.09. The van der Waals surface area contributed by atoms with E-state index in [0.717, 1.165) is 38.7 Å². The lowest BCUT2D eigenvalue weighted by Gasteiger charge is -2.40. The van der Waals surface area contributed by atoms with Crippen LogP contribution in [-0.4, -0.2) is 18.5 Å². The Morgan fingerprint density at radius 1 is 1.26 bits per heavy atom. The summed E-state index contributed by atoms with van der Waals surface area (Å²) in [4.78, 5) is 0. The normalized spacial score (nSPS) is 31.1. The second-order valence-electron chi connectivity index (χ2n) is 5.26. The Balaban J connectivity index is 1.64. The largest absolute Gasteiger partial charge is 0.368 e. The maximum Gasteiger partial charge on any atom is 0.244 e. The number of rotatable bonds is 3. The van der Waals surface area contributed by atoms with E-state index in [4.69, 9.17) is 14.2 Å². The summed E-state index contributed by atoms with van der Waals surface area (Å²) in [7, 11) is 0. The van der Waals surface area contributed by atoms with Gasteiger partial charge >= 0.3 is 0 Å². The zero-order valence-corrected chi connectivity index (χ0v) is 11.2. The van der Waals surface area contributed by atoms with Crippen LogP contribution in [-0.2, 0) is 20.8 Å². The van der Waals surface area contributed by atoms with Crippen LogP contribution in [0, 0.1) is 6.61 Å². The molecule has 2 fully saturated rings. The lowest BCUT2D eigenvalue weighted by atomic mass is 9.94. The highest BCUT2D eigenvalue weighted by molar-refractivity contribution is 5.13. The zero-order valence-electron chi connectivity index (χ0n) is 11.2. The highest BCUT2D eigenvalue weighted by Gasteiger charge is 2.50. The first-order valence-corrected chi connectivity index (χ1v) is 7.18. The predicted molar refractivity (Wildman–Crippen MR) is 72.2 cm³/mol. The topological polar surface area (TPSA) is 27.7 Å². The quantitative estimate of drug-likeness (QED) is 0.780. The third-order valence-electron chi connectivity index (χ3n) is 3.88. The molecule has 3 heteroatoms. The summed E-state index contributed by atoms with van der Waals surface area (Å²) in [6, 6.07) is 10.3. The van der Waals surface area contributed by atoms with Crippen molar-refractivity contribution < 1.29 is 14.2 Å². The van der Waals surface area contributed by atoms with E-state index in [1.165, 1.54) is 5.56 Å². The van der Waals surface area contributed by atoms with Crippen molar-refractivity contribution >= 4 is 0 Å². The molecule has 0 aliphatic carbocycles. The molecule has 0 amide bonds. The van der Waals surface area contributed by atoms with E-state index >= 15 is 0 Å². The highest BCUT2D eigenvalue weighted by Crippen LogP contribution is 2.38. The van der Waals surface area contributed by atoms with Crippen LogP contribution in [0.15, 0.2) is 30.3 Å². The minimum atomic E-state index is -0.523. The van der Waals surface area contributed by atoms with Crippen molar-refractivity contribution in [2.75, 3.05) is 6.61 Å². The molecule has 0 N–H and O–H groups in total. The van der Waals surface area contributed by atoms with Gasteiger partial charge in [0.1, 0.15) is 12.5 Å². The van der Waals surface area contributed by atoms with Crippen molar-refractivity contribution in [3.05, 3.63) is 42.5 Å². The van der Waals surface area contributed by atoms with Gasteiger partial charge in [0.15, 0.2) is 0 Å². The average Bonchev–Trinajstić information content (AvgIpc) is 2.48. The van der Waals surface area contributed by atoms with Gasteiger partial charge in [0.2, 0.25) is 12.4 Å². The van der Waals surface area contributed by atoms with Gasteiger partial charge in [-0.2, -0.15) is 4.74 Å². The summed E-state index contributed by atoms with van der Waals surface area (Å²) < 4.78 is 17.9. The van der Waals surface area contributed by atoms with Crippen molar-refractivity contribution in [1.29, 1.82) is 0 Å². The molecule has 2 aliphatic rings. The van der Waals surface area contributed by atoms with Gasteiger partial charge in [-0.05, 0) is 18.4 Å². The van der Waals surface area contributed by atoms with Crippen LogP contribution < -0.4 is 0 Å². The van der Waals surface area contributed by atoms with E-state index in [1.807, 2.05) is 24.8 Å². The standard InChI is InChI=1S/C16H21O3/c1-2-7-14(8-3-1)13-17-15-9-6-12-19-16(15)10-4-5-11-18-16/h1-3,7-8,12,15H,4-6,9-11,13H2/q+1/t15-,16-/m1/s1. The van der Waals surface area contributed by atoms with E-state index < -0.39 is 5.79 Å². The molecule has 0 unspecified atom stereocenters. The Morgan fingerprint density at radius 3 is 2.95 bits per heavy atom. The summed E-state index contributed by atoms with van der Waals surface area (Å²) in [5.41, 5.74) is 1.20. The molecule has 2 heterocycles. The molecule has 0 bridgehead atoms. The van der Waals surface area contributed by atoms with Crippen LogP contribution >= 0.6 is 0 Å². The van der Waals surface area contributed by atoms with E-state index in [2.05, 4.69) is 12.1 Å². The Labute approximate surface area is 114 Å². The molecule has 1 aromatic rings. The van der Waals surface area contributed by atoms with Crippen LogP contribution in [0.1, 0.15) is 37.7 Å². The molecule has 0 saturated carbocycles. The SMILES string of the molecule is c1ccc(CO[C@@H]2CC[CH+]O[C@]23CCCCO3)cc1. The summed E-state index contributed by atoms with van der Waals surface area (Å²) in [6.07, 6.45) is 5.16. The monoisotopic (exact) mass is 261 g/mol. The summed E-state index contributed by atoms with van der Waals surface area (Å²) in [6.45, 7) is 3.28. The second-order valence-corrected chi connectivity index (χ2v) is 5.26. The first kappa shape index (κ1) is 13.0. The number of hydrogen-bond acceptors (Lipinski definition) is 3. The van der Waals surface area contributed by atoms with E-state index in [-0.39, 0.29) is 6.10 Å². The molecule has 19 heavy (non-hydrogen) atoms. The van der Waals surface area contributed by atoms with Gasteiger partial charge in [0, 0.05) is 12.8 Å². The van der Waals surface area contributed by atoms with Gasteiger partial charge in [-0.3, -0.25) is 0 Å². The minimum absolute atomic E-state index is 0.0398. The molecule has 0 radical (unpaired) electrons. The second kappa shape index (κ2) is 5.95. The Bertz CT molecular complexity index is 376. The minimum Gasteiger partial charge on any atom is -0.368 e. The lowest BCUT2D eigenvalue weighted by Crippen LogP contribution is -2.52. The average molecular weight is 261 g/mol. The van der Waals surface area contributed by atoms with Gasteiger partial charge in [0.25, 0.3) is 0 Å². The van der Waals surface area contributed by atoms with Gasteiger partial charge in [0.05, 0.1) is 13.2 Å². The number of ether oxygens (including phenoxy) is 3. The van der Waals surface area contributed by atoms with Crippen LogP contribution in [0.25, 0.3) is 0 Å². The summed E-state index contributed by atoms with van der Waals surface area (Å²) in [5, 5.41) is 0. The lowest BCUT2D eigenvalue weighted by molar-refractivity contribution is -0.309. The highest BCUT2D eigenvalue weighted by atomic mass is 16.7. The fraction of sp³-hybridized carbons (Fsp3) is 0.562. The Hall–Kier alpha value is -1.03. The summed E-state index contributed by atoms with van der Waals surface area (Å²) in [5.74, 6) is -0.523. The molecule has 1 spiro atoms. The van der Waals surface area contributed by atoms with Crippen LogP contribution in [0.2, 0.25) is 0 Å². The van der Waals surface area contributed by atoms with Crippen LogP contribution in [0.4, 0.5) is 0 Å². The molecule has 2 aliphatic heterocycles. The Morgan fingerprint density at radius 2 is 2.16 bits per heavy atom. The first-order chi connectivity index (χ1) is 9.39. The van der Waals surface area contributed by atoms with E-state index in [9.17, 15) is 0 Å². The van der Waals surface area contributed by atoms with Crippen molar-refractivity contribution in [3.8, 4) is 0 Å². The van der Waals surface area contributed by atoms with E-state index in [0.29, 0.717) is 6.61 Å². The van der Waals surface area contributed by atoms with Gasteiger partial charge in [-0.15, -0.1) is 0 Å². The van der Waals surface area contributed by atoms with Crippen molar-refractivity contribution in [2.45, 2.75) is 50.6 Å². The van der Waals surface area contributed by atoms with Gasteiger partial charge in [-0.1, -0.05) is 30.3 Å². The molecule has 3 rings (SSSR count). The number of benzene rings is 1. The molecular formula is C16H21O3+. The van der Waals surface area contributed by atoms with Crippen LogP contribution in [0.3, 0.4) is 0 Å². The smallest absolute Gasteiger partial charge is 0.244 e. The zero-order chi connectivity index (χ0) is 13.0. The van der Waals surface area contributed by atoms with Gasteiger partial charge in [-0.25, -0.2) is 0 Å². The molecule has 2 atom stereocenters. The van der Waals surface area contributed by atoms with Crippen LogP contribution in [0.5, 0.6) is 0 Å². The fourth-order valence-electron chi connectivity index (χ4n) is 2.83. The maximum absolute atomic E-state index is 6.09. The summed E-state index contributed by atoms with van der Waals surface area (Å²) >= 11 is 0.